The molecule has 2 aromatic carbocycles. The van der Waals surface area contributed by atoms with E-state index in [4.69, 9.17) is 4.74 Å². The van der Waals surface area contributed by atoms with Crippen LogP contribution >= 0.6 is 0 Å². The second-order valence-electron chi connectivity index (χ2n) is 9.54. The van der Waals surface area contributed by atoms with E-state index >= 15 is 0 Å². The number of carbonyl (C=O) groups is 2. The molecule has 2 fully saturated rings. The molecule has 180 valence electrons. The fourth-order valence-electron chi connectivity index (χ4n) is 5.89. The fraction of sp³-hybridized carbons (Fsp3) is 0.462. The van der Waals surface area contributed by atoms with Crippen LogP contribution in [-0.4, -0.2) is 49.1 Å². The summed E-state index contributed by atoms with van der Waals surface area (Å²) in [6, 6.07) is 13.4. The Labute approximate surface area is 196 Å². The molecule has 2 unspecified atom stereocenters. The molecule has 3 aliphatic heterocycles. The van der Waals surface area contributed by atoms with Crippen molar-refractivity contribution in [3.8, 4) is 5.75 Å². The molecule has 1 spiro atoms. The first-order valence-electron chi connectivity index (χ1n) is 11.7. The van der Waals surface area contributed by atoms with Crippen LogP contribution in [0, 0.1) is 5.41 Å². The first-order valence-corrected chi connectivity index (χ1v) is 11.7. The number of halogens is 3. The molecule has 0 saturated carbocycles. The number of fused-ring (bicyclic) bond motifs is 1. The first kappa shape index (κ1) is 22.7. The van der Waals surface area contributed by atoms with Gasteiger partial charge in [-0.25, -0.2) is 0 Å². The van der Waals surface area contributed by atoms with E-state index in [9.17, 15) is 22.8 Å². The van der Waals surface area contributed by atoms with Crippen molar-refractivity contribution in [2.24, 2.45) is 5.41 Å². The quantitative estimate of drug-likeness (QED) is 0.729. The van der Waals surface area contributed by atoms with Gasteiger partial charge in [-0.2, -0.15) is 13.2 Å². The lowest BCUT2D eigenvalue weighted by molar-refractivity contribution is -0.173. The number of rotatable bonds is 3. The van der Waals surface area contributed by atoms with Gasteiger partial charge in [-0.1, -0.05) is 48.5 Å². The minimum absolute atomic E-state index is 0.0111. The van der Waals surface area contributed by atoms with Crippen LogP contribution in [0.15, 0.2) is 48.5 Å². The fourth-order valence-corrected chi connectivity index (χ4v) is 5.89. The summed E-state index contributed by atoms with van der Waals surface area (Å²) in [6.07, 6.45) is -2.59. The molecule has 0 bridgehead atoms. The average Bonchev–Trinajstić information content (AvgIpc) is 3.29. The number of likely N-dealkylation sites (tertiary alicyclic amines) is 1. The molecular formula is C26H27F3N2O3. The molecule has 5 rings (SSSR count). The van der Waals surface area contributed by atoms with Crippen LogP contribution in [0.4, 0.5) is 13.2 Å². The molecule has 0 aromatic heterocycles. The first-order chi connectivity index (χ1) is 16.3. The highest BCUT2D eigenvalue weighted by atomic mass is 19.4. The van der Waals surface area contributed by atoms with Crippen molar-refractivity contribution in [3.05, 3.63) is 65.2 Å². The van der Waals surface area contributed by atoms with E-state index in [0.717, 1.165) is 23.3 Å². The van der Waals surface area contributed by atoms with Gasteiger partial charge in [0.2, 0.25) is 11.8 Å². The number of amides is 2. The van der Waals surface area contributed by atoms with Gasteiger partial charge in [-0.15, -0.1) is 0 Å². The molecule has 1 N–H and O–H groups in total. The summed E-state index contributed by atoms with van der Waals surface area (Å²) in [6.45, 7) is 1.47. The van der Waals surface area contributed by atoms with Gasteiger partial charge in [0, 0.05) is 38.4 Å². The van der Waals surface area contributed by atoms with Crippen LogP contribution < -0.4 is 10.1 Å². The standard InChI is InChI=1S/C26H27F3N2O3/c27-26(28,29)22(17-5-2-1-3-6-17)24(33)31-12-10-25(11-13-31)15-21(32)30-16-20(25)19-8-4-7-18-9-14-34-23(18)19/h1-8,20,22H,9-16H2,(H,30,32). The predicted octanol–water partition coefficient (Wildman–Crippen LogP) is 4.18. The summed E-state index contributed by atoms with van der Waals surface area (Å²) < 4.78 is 47.6. The number of nitrogens with zero attached hydrogens (tertiary/aromatic N) is 1. The average molecular weight is 473 g/mol. The van der Waals surface area contributed by atoms with Gasteiger partial charge in [0.1, 0.15) is 5.75 Å². The van der Waals surface area contributed by atoms with E-state index in [0.29, 0.717) is 32.4 Å². The Hall–Kier alpha value is -3.03. The van der Waals surface area contributed by atoms with Gasteiger partial charge < -0.3 is 15.0 Å². The third-order valence-corrected chi connectivity index (χ3v) is 7.65. The Morgan fingerprint density at radius 3 is 2.53 bits per heavy atom. The summed E-state index contributed by atoms with van der Waals surface area (Å²) in [5.41, 5.74) is 1.73. The summed E-state index contributed by atoms with van der Waals surface area (Å²) >= 11 is 0. The minimum atomic E-state index is -4.68. The van der Waals surface area contributed by atoms with Crippen molar-refractivity contribution in [3.63, 3.8) is 0 Å². The Bertz CT molecular complexity index is 1080. The van der Waals surface area contributed by atoms with E-state index in [2.05, 4.69) is 5.32 Å². The lowest BCUT2D eigenvalue weighted by Gasteiger charge is -2.49. The van der Waals surface area contributed by atoms with E-state index in [1.807, 2.05) is 18.2 Å². The summed E-state index contributed by atoms with van der Waals surface area (Å²) in [4.78, 5) is 26.8. The van der Waals surface area contributed by atoms with E-state index in [1.54, 1.807) is 6.07 Å². The molecular weight excluding hydrogens is 445 g/mol. The van der Waals surface area contributed by atoms with Crippen molar-refractivity contribution in [1.82, 2.24) is 10.2 Å². The van der Waals surface area contributed by atoms with Crippen molar-refractivity contribution in [1.29, 1.82) is 0 Å². The summed E-state index contributed by atoms with van der Waals surface area (Å²) in [5, 5.41) is 2.96. The number of para-hydroxylation sites is 1. The molecule has 0 aliphatic carbocycles. The minimum Gasteiger partial charge on any atom is -0.493 e. The predicted molar refractivity (Wildman–Crippen MR) is 119 cm³/mol. The SMILES string of the molecule is O=C1CC2(CCN(C(=O)C(c3ccccc3)C(F)(F)F)CC2)C(c2cccc3c2OCC3)CN1. The number of hydrogen-bond donors (Lipinski definition) is 1. The molecule has 0 radical (unpaired) electrons. The number of nitrogens with one attached hydrogen (secondary N) is 1. The van der Waals surface area contributed by atoms with E-state index < -0.39 is 23.4 Å². The maximum Gasteiger partial charge on any atom is 0.404 e. The molecule has 2 atom stereocenters. The zero-order valence-electron chi connectivity index (χ0n) is 18.7. The van der Waals surface area contributed by atoms with Crippen LogP contribution in [0.1, 0.15) is 47.8 Å². The highest BCUT2D eigenvalue weighted by Crippen LogP contribution is 2.52. The molecule has 8 heteroatoms. The van der Waals surface area contributed by atoms with Gasteiger partial charge in [0.15, 0.2) is 5.92 Å². The lowest BCUT2D eigenvalue weighted by Crippen LogP contribution is -2.54. The monoisotopic (exact) mass is 472 g/mol. The molecule has 3 heterocycles. The Morgan fingerprint density at radius 1 is 1.09 bits per heavy atom. The second-order valence-corrected chi connectivity index (χ2v) is 9.54. The van der Waals surface area contributed by atoms with Crippen LogP contribution in [0.2, 0.25) is 0 Å². The molecule has 2 amide bonds. The van der Waals surface area contributed by atoms with Crippen LogP contribution in [0.25, 0.3) is 0 Å². The number of hydrogen-bond acceptors (Lipinski definition) is 3. The smallest absolute Gasteiger partial charge is 0.404 e. The Kier molecular flexibility index (Phi) is 5.78. The number of ether oxygens (including phenoxy) is 1. The van der Waals surface area contributed by atoms with Crippen molar-refractivity contribution >= 4 is 11.8 Å². The van der Waals surface area contributed by atoms with E-state index in [-0.39, 0.29) is 30.5 Å². The van der Waals surface area contributed by atoms with Crippen molar-refractivity contribution in [2.45, 2.75) is 43.7 Å². The molecule has 2 saturated heterocycles. The van der Waals surface area contributed by atoms with Crippen molar-refractivity contribution in [2.75, 3.05) is 26.2 Å². The van der Waals surface area contributed by atoms with Gasteiger partial charge in [-0.05, 0) is 34.9 Å². The van der Waals surface area contributed by atoms with Crippen LogP contribution in [-0.2, 0) is 16.0 Å². The highest BCUT2D eigenvalue weighted by Gasteiger charge is 2.51. The molecule has 2 aromatic rings. The maximum atomic E-state index is 13.9. The highest BCUT2D eigenvalue weighted by molar-refractivity contribution is 5.85. The third-order valence-electron chi connectivity index (χ3n) is 7.65. The molecule has 34 heavy (non-hydrogen) atoms. The van der Waals surface area contributed by atoms with Crippen LogP contribution in [0.5, 0.6) is 5.75 Å². The van der Waals surface area contributed by atoms with Crippen LogP contribution in [0.3, 0.4) is 0 Å². The van der Waals surface area contributed by atoms with Crippen molar-refractivity contribution < 1.29 is 27.5 Å². The number of piperidine rings is 2. The Morgan fingerprint density at radius 2 is 1.82 bits per heavy atom. The second kappa shape index (κ2) is 8.64. The zero-order chi connectivity index (χ0) is 23.9. The summed E-state index contributed by atoms with van der Waals surface area (Å²) in [7, 11) is 0. The number of carbonyl (C=O) groups excluding carboxylic acids is 2. The van der Waals surface area contributed by atoms with Gasteiger partial charge >= 0.3 is 6.18 Å². The largest absolute Gasteiger partial charge is 0.493 e. The normalized spacial score (nSPS) is 22.6. The third kappa shape index (κ3) is 4.03. The number of alkyl halides is 3. The van der Waals surface area contributed by atoms with Gasteiger partial charge in [0.05, 0.1) is 6.61 Å². The zero-order valence-corrected chi connectivity index (χ0v) is 18.7. The maximum absolute atomic E-state index is 13.9. The van der Waals surface area contributed by atoms with Gasteiger partial charge in [0.25, 0.3) is 0 Å². The molecule has 5 nitrogen and oxygen atoms in total. The lowest BCUT2D eigenvalue weighted by atomic mass is 9.62. The van der Waals surface area contributed by atoms with Gasteiger partial charge in [-0.3, -0.25) is 9.59 Å². The van der Waals surface area contributed by atoms with E-state index in [1.165, 1.54) is 29.2 Å². The number of benzene rings is 2. The topological polar surface area (TPSA) is 58.6 Å². The Balaban J connectivity index is 1.39. The molecule has 3 aliphatic rings. The summed E-state index contributed by atoms with van der Waals surface area (Å²) in [5.74, 6) is -2.29.